The summed E-state index contributed by atoms with van der Waals surface area (Å²) in [4.78, 5) is 43.6. The molecule has 20 heavy (non-hydrogen) atoms. The predicted molar refractivity (Wildman–Crippen MR) is 65.8 cm³/mol. The van der Waals surface area contributed by atoms with Gasteiger partial charge in [-0.25, -0.2) is 0 Å². The number of carboxylic acid groups (broad SMARTS) is 3. The SMILES string of the molecule is NC(CCC(C(=O)O)C(=O)[C@@H](N)CCC(=O)O)C(=O)O. The molecule has 0 saturated heterocycles. The summed E-state index contributed by atoms with van der Waals surface area (Å²) in [6.07, 6.45) is -0.983. The van der Waals surface area contributed by atoms with Crippen molar-refractivity contribution < 1.29 is 34.5 Å². The molecule has 0 aromatic rings. The molecule has 0 spiro atoms. The molecule has 0 bridgehead atoms. The Hall–Kier alpha value is -2.00. The van der Waals surface area contributed by atoms with E-state index in [4.69, 9.17) is 26.8 Å². The zero-order valence-corrected chi connectivity index (χ0v) is 10.7. The van der Waals surface area contributed by atoms with E-state index in [0.29, 0.717) is 0 Å². The van der Waals surface area contributed by atoms with Crippen molar-refractivity contribution in [1.82, 2.24) is 0 Å². The number of carboxylic acids is 3. The van der Waals surface area contributed by atoms with Crippen molar-refractivity contribution in [3.05, 3.63) is 0 Å². The number of hydrogen-bond acceptors (Lipinski definition) is 6. The highest BCUT2D eigenvalue weighted by molar-refractivity contribution is 6.01. The highest BCUT2D eigenvalue weighted by atomic mass is 16.4. The van der Waals surface area contributed by atoms with Gasteiger partial charge in [-0.3, -0.25) is 19.2 Å². The van der Waals surface area contributed by atoms with E-state index in [-0.39, 0.29) is 25.7 Å². The minimum atomic E-state index is -1.48. The minimum Gasteiger partial charge on any atom is -0.481 e. The lowest BCUT2D eigenvalue weighted by Crippen LogP contribution is -2.40. The Morgan fingerprint density at radius 1 is 0.800 bits per heavy atom. The Balaban J connectivity index is 4.58. The monoisotopic (exact) mass is 290 g/mol. The fourth-order valence-electron chi connectivity index (χ4n) is 1.54. The Kier molecular flexibility index (Phi) is 7.40. The van der Waals surface area contributed by atoms with Crippen LogP contribution in [0, 0.1) is 5.92 Å². The second-order valence-corrected chi connectivity index (χ2v) is 4.35. The Morgan fingerprint density at radius 3 is 1.75 bits per heavy atom. The molecule has 0 heterocycles. The van der Waals surface area contributed by atoms with Gasteiger partial charge in [0, 0.05) is 6.42 Å². The quantitative estimate of drug-likeness (QED) is 0.303. The summed E-state index contributed by atoms with van der Waals surface area (Å²) >= 11 is 0. The van der Waals surface area contributed by atoms with Gasteiger partial charge >= 0.3 is 17.9 Å². The molecular weight excluding hydrogens is 272 g/mol. The van der Waals surface area contributed by atoms with Crippen LogP contribution in [0.2, 0.25) is 0 Å². The van der Waals surface area contributed by atoms with E-state index in [0.717, 1.165) is 0 Å². The van der Waals surface area contributed by atoms with Crippen LogP contribution in [0.4, 0.5) is 0 Å². The molecule has 0 aromatic carbocycles. The molecule has 114 valence electrons. The summed E-state index contributed by atoms with van der Waals surface area (Å²) in [7, 11) is 0. The molecule has 0 radical (unpaired) electrons. The van der Waals surface area contributed by atoms with Gasteiger partial charge < -0.3 is 26.8 Å². The molecule has 0 rings (SSSR count). The molecule has 7 N–H and O–H groups in total. The number of carbonyl (C=O) groups is 4. The van der Waals surface area contributed by atoms with Gasteiger partial charge in [-0.05, 0) is 19.3 Å². The average molecular weight is 290 g/mol. The van der Waals surface area contributed by atoms with Crippen molar-refractivity contribution in [2.24, 2.45) is 17.4 Å². The topological polar surface area (TPSA) is 181 Å². The highest BCUT2D eigenvalue weighted by Gasteiger charge is 2.31. The lowest BCUT2D eigenvalue weighted by atomic mass is 9.90. The molecule has 0 aliphatic heterocycles. The Labute approximate surface area is 114 Å². The normalized spacial score (nSPS) is 15.1. The van der Waals surface area contributed by atoms with Crippen molar-refractivity contribution in [2.75, 3.05) is 0 Å². The summed E-state index contributed by atoms with van der Waals surface area (Å²) in [5.74, 6) is -6.18. The number of hydrogen-bond donors (Lipinski definition) is 5. The zero-order valence-electron chi connectivity index (χ0n) is 10.7. The number of aliphatic carboxylic acids is 3. The van der Waals surface area contributed by atoms with Crippen LogP contribution in [0.25, 0.3) is 0 Å². The van der Waals surface area contributed by atoms with Crippen LogP contribution < -0.4 is 11.5 Å². The molecular formula is C11H18N2O7. The van der Waals surface area contributed by atoms with Gasteiger partial charge in [0.2, 0.25) is 0 Å². The van der Waals surface area contributed by atoms with Gasteiger partial charge in [0.15, 0.2) is 5.78 Å². The van der Waals surface area contributed by atoms with Crippen LogP contribution in [0.5, 0.6) is 0 Å². The summed E-state index contributed by atoms with van der Waals surface area (Å²) < 4.78 is 0. The van der Waals surface area contributed by atoms with E-state index >= 15 is 0 Å². The molecule has 9 heteroatoms. The fourth-order valence-corrected chi connectivity index (χ4v) is 1.54. The van der Waals surface area contributed by atoms with Crippen LogP contribution in [0.15, 0.2) is 0 Å². The van der Waals surface area contributed by atoms with Crippen LogP contribution in [0.1, 0.15) is 25.7 Å². The van der Waals surface area contributed by atoms with Crippen LogP contribution >= 0.6 is 0 Å². The maximum absolute atomic E-state index is 11.8. The number of nitrogens with two attached hydrogens (primary N) is 2. The molecule has 0 aromatic heterocycles. The first-order valence-electron chi connectivity index (χ1n) is 5.89. The smallest absolute Gasteiger partial charge is 0.320 e. The maximum atomic E-state index is 11.8. The van der Waals surface area contributed by atoms with Gasteiger partial charge in [0.05, 0.1) is 6.04 Å². The van der Waals surface area contributed by atoms with E-state index in [1.54, 1.807) is 0 Å². The first-order chi connectivity index (χ1) is 9.16. The van der Waals surface area contributed by atoms with Crippen LogP contribution in [-0.4, -0.2) is 51.1 Å². The number of rotatable bonds is 10. The fraction of sp³-hybridized carbons (Fsp3) is 0.636. The van der Waals surface area contributed by atoms with Crippen LogP contribution in [-0.2, 0) is 19.2 Å². The standard InChI is InChI=1S/C11H18N2O7/c12-6(3-4-8(14)15)9(16)5(10(17)18)1-2-7(13)11(19)20/h5-7H,1-4,12-13H2,(H,14,15)(H,17,18)(H,19,20)/t5?,6-,7?/m0/s1. The van der Waals surface area contributed by atoms with Crippen LogP contribution in [0.3, 0.4) is 0 Å². The molecule has 0 amide bonds. The third-order valence-electron chi connectivity index (χ3n) is 2.76. The lowest BCUT2D eigenvalue weighted by Gasteiger charge is -2.16. The molecule has 0 fully saturated rings. The highest BCUT2D eigenvalue weighted by Crippen LogP contribution is 2.13. The third-order valence-corrected chi connectivity index (χ3v) is 2.76. The summed E-state index contributed by atoms with van der Waals surface area (Å²) in [5, 5.41) is 26.0. The van der Waals surface area contributed by atoms with Crippen molar-refractivity contribution in [1.29, 1.82) is 0 Å². The van der Waals surface area contributed by atoms with E-state index in [9.17, 15) is 19.2 Å². The van der Waals surface area contributed by atoms with Crippen molar-refractivity contribution >= 4 is 23.7 Å². The molecule has 3 atom stereocenters. The second-order valence-electron chi connectivity index (χ2n) is 4.35. The summed E-state index contributed by atoms with van der Waals surface area (Å²) in [6, 6.07) is -2.48. The largest absolute Gasteiger partial charge is 0.481 e. The maximum Gasteiger partial charge on any atom is 0.320 e. The predicted octanol–water partition coefficient (Wildman–Crippen LogP) is -1.36. The zero-order chi connectivity index (χ0) is 15.9. The first-order valence-corrected chi connectivity index (χ1v) is 5.89. The van der Waals surface area contributed by atoms with Crippen molar-refractivity contribution in [2.45, 2.75) is 37.8 Å². The van der Waals surface area contributed by atoms with Gasteiger partial charge in [0.25, 0.3) is 0 Å². The van der Waals surface area contributed by atoms with E-state index in [1.165, 1.54) is 0 Å². The van der Waals surface area contributed by atoms with E-state index in [2.05, 4.69) is 0 Å². The average Bonchev–Trinajstić information content (AvgIpc) is 2.34. The first kappa shape index (κ1) is 18.0. The molecule has 0 saturated carbocycles. The molecule has 0 aliphatic carbocycles. The van der Waals surface area contributed by atoms with Crippen molar-refractivity contribution in [3.8, 4) is 0 Å². The number of carbonyl (C=O) groups excluding carboxylic acids is 1. The van der Waals surface area contributed by atoms with Gasteiger partial charge in [-0.15, -0.1) is 0 Å². The lowest BCUT2D eigenvalue weighted by molar-refractivity contribution is -0.148. The minimum absolute atomic E-state index is 0.178. The second kappa shape index (κ2) is 8.23. The third kappa shape index (κ3) is 6.25. The molecule has 2 unspecified atom stereocenters. The Morgan fingerprint density at radius 2 is 1.35 bits per heavy atom. The van der Waals surface area contributed by atoms with E-state index in [1.807, 2.05) is 0 Å². The van der Waals surface area contributed by atoms with Gasteiger partial charge in [-0.1, -0.05) is 0 Å². The summed E-state index contributed by atoms with van der Waals surface area (Å²) in [6.45, 7) is 0. The molecule has 9 nitrogen and oxygen atoms in total. The summed E-state index contributed by atoms with van der Waals surface area (Å²) in [5.41, 5.74) is 10.7. The number of ketones is 1. The molecule has 0 aliphatic rings. The van der Waals surface area contributed by atoms with Gasteiger partial charge in [-0.2, -0.15) is 0 Å². The number of Topliss-reactive ketones (excluding diaryl/α,β-unsaturated/α-hetero) is 1. The van der Waals surface area contributed by atoms with Gasteiger partial charge in [0.1, 0.15) is 12.0 Å². The Bertz CT molecular complexity index is 396. The van der Waals surface area contributed by atoms with E-state index < -0.39 is 41.7 Å². The van der Waals surface area contributed by atoms with Crippen molar-refractivity contribution in [3.63, 3.8) is 0 Å².